The van der Waals surface area contributed by atoms with E-state index in [0.29, 0.717) is 28.3 Å². The van der Waals surface area contributed by atoms with Crippen LogP contribution < -0.4 is 4.74 Å². The molecule has 184 valence electrons. The van der Waals surface area contributed by atoms with Gasteiger partial charge >= 0.3 is 5.97 Å². The summed E-state index contributed by atoms with van der Waals surface area (Å²) in [6.45, 7) is -0.916. The molecule has 4 atom stereocenters. The van der Waals surface area contributed by atoms with Crippen LogP contribution in [0.1, 0.15) is 22.3 Å². The summed E-state index contributed by atoms with van der Waals surface area (Å²) in [6, 6.07) is 4.41. The van der Waals surface area contributed by atoms with Crippen molar-refractivity contribution in [3.63, 3.8) is 0 Å². The number of esters is 1. The largest absolute Gasteiger partial charge is 0.507 e. The van der Waals surface area contributed by atoms with Gasteiger partial charge in [0, 0.05) is 22.9 Å². The topological polar surface area (TPSA) is 129 Å². The number of fused-ring (bicyclic) bond motifs is 3. The summed E-state index contributed by atoms with van der Waals surface area (Å²) in [4.78, 5) is 13.2. The number of hydrogen-bond donors (Lipinski definition) is 4. The molecule has 1 fully saturated rings. The molecule has 8 nitrogen and oxygen atoms in total. The molecule has 1 heterocycles. The molecule has 0 radical (unpaired) electrons. The van der Waals surface area contributed by atoms with Gasteiger partial charge in [0.15, 0.2) is 11.7 Å². The van der Waals surface area contributed by atoms with Gasteiger partial charge in [0.1, 0.15) is 29.3 Å². The monoisotopic (exact) mass is 508 g/mol. The number of aliphatic hydroxyl groups is 3. The van der Waals surface area contributed by atoms with Crippen molar-refractivity contribution in [2.75, 3.05) is 13.7 Å². The molecule has 1 aliphatic heterocycles. The summed E-state index contributed by atoms with van der Waals surface area (Å²) in [5, 5.41) is 40.9. The number of aliphatic hydroxyl groups excluding tert-OH is 3. The van der Waals surface area contributed by atoms with E-state index in [1.807, 2.05) is 0 Å². The summed E-state index contributed by atoms with van der Waals surface area (Å²) >= 11 is 6.32. The van der Waals surface area contributed by atoms with Crippen molar-refractivity contribution in [2.45, 2.75) is 36.9 Å². The maximum absolute atomic E-state index is 13.2. The Morgan fingerprint density at radius 3 is 2.86 bits per heavy atom. The van der Waals surface area contributed by atoms with Gasteiger partial charge in [-0.05, 0) is 35.2 Å². The number of hydrogen-bond acceptors (Lipinski definition) is 8. The Hall–Kier alpha value is -3.50. The predicted octanol–water partition coefficient (Wildman–Crippen LogP) is 1.99. The first-order valence-corrected chi connectivity index (χ1v) is 11.5. The molecule has 3 aliphatic rings. The summed E-state index contributed by atoms with van der Waals surface area (Å²) in [7, 11) is 1.41. The molecule has 0 amide bonds. The average Bonchev–Trinajstić information content (AvgIpc) is 3.43. The minimum Gasteiger partial charge on any atom is -0.507 e. The van der Waals surface area contributed by atoms with Gasteiger partial charge in [0.05, 0.1) is 25.3 Å². The van der Waals surface area contributed by atoms with Gasteiger partial charge < -0.3 is 34.6 Å². The quantitative estimate of drug-likeness (QED) is 0.265. The van der Waals surface area contributed by atoms with Crippen LogP contribution in [-0.2, 0) is 16.1 Å². The third kappa shape index (κ3) is 3.90. The second-order valence-electron chi connectivity index (χ2n) is 8.51. The number of aromatic hydroxyl groups is 1. The van der Waals surface area contributed by atoms with E-state index in [4.69, 9.17) is 25.8 Å². The lowest BCUT2D eigenvalue weighted by atomic mass is 9.98. The van der Waals surface area contributed by atoms with E-state index in [1.54, 1.807) is 18.2 Å². The molecule has 2 aliphatic carbocycles. The van der Waals surface area contributed by atoms with Crippen LogP contribution in [-0.4, -0.2) is 64.0 Å². The van der Waals surface area contributed by atoms with E-state index in [-0.39, 0.29) is 22.1 Å². The number of halogens is 1. The SMILES string of the molecule is COc1cc2c(C(=O)OC3C=C4C#CC5(C(O)CO)OC5C#C/C=C\4C3)c(O)ccc2c(CO)c1Cl. The van der Waals surface area contributed by atoms with Gasteiger partial charge in [-0.25, -0.2) is 4.79 Å². The minimum atomic E-state index is -1.25. The van der Waals surface area contributed by atoms with Crippen molar-refractivity contribution >= 4 is 28.3 Å². The number of methoxy groups -OCH3 is 1. The van der Waals surface area contributed by atoms with Crippen LogP contribution >= 0.6 is 11.6 Å². The van der Waals surface area contributed by atoms with Crippen molar-refractivity contribution in [1.29, 1.82) is 0 Å². The van der Waals surface area contributed by atoms with Crippen molar-refractivity contribution in [3.8, 4) is 35.2 Å². The Labute approximate surface area is 211 Å². The van der Waals surface area contributed by atoms with Crippen LogP contribution in [0.3, 0.4) is 0 Å². The molecule has 0 spiro atoms. The number of epoxide rings is 1. The molecule has 0 aromatic heterocycles. The molecule has 4 unspecified atom stereocenters. The van der Waals surface area contributed by atoms with E-state index >= 15 is 0 Å². The van der Waals surface area contributed by atoms with Crippen LogP contribution in [0.2, 0.25) is 5.02 Å². The van der Waals surface area contributed by atoms with Crippen LogP contribution in [0.5, 0.6) is 11.5 Å². The summed E-state index contributed by atoms with van der Waals surface area (Å²) < 4.78 is 16.5. The zero-order valence-corrected chi connectivity index (χ0v) is 19.8. The molecule has 9 heteroatoms. The van der Waals surface area contributed by atoms with Crippen molar-refractivity contribution < 1.29 is 39.4 Å². The van der Waals surface area contributed by atoms with Crippen molar-refractivity contribution in [2.24, 2.45) is 0 Å². The number of carbonyl (C=O) groups excluding carboxylic acids is 1. The van der Waals surface area contributed by atoms with Crippen LogP contribution in [0.25, 0.3) is 10.8 Å². The molecule has 2 aromatic carbocycles. The van der Waals surface area contributed by atoms with Crippen molar-refractivity contribution in [1.82, 2.24) is 0 Å². The molecule has 2 aromatic rings. The van der Waals surface area contributed by atoms with Gasteiger partial charge in [0.25, 0.3) is 0 Å². The zero-order chi connectivity index (χ0) is 25.6. The number of phenolic OH excluding ortho intramolecular Hbond substituents is 1. The van der Waals surface area contributed by atoms with Crippen LogP contribution in [0.15, 0.2) is 41.5 Å². The maximum Gasteiger partial charge on any atom is 0.343 e. The molecular formula is C27H21ClO8. The molecule has 36 heavy (non-hydrogen) atoms. The molecule has 1 saturated heterocycles. The third-order valence-electron chi connectivity index (χ3n) is 6.43. The smallest absolute Gasteiger partial charge is 0.343 e. The maximum atomic E-state index is 13.2. The number of rotatable bonds is 6. The predicted molar refractivity (Wildman–Crippen MR) is 129 cm³/mol. The summed E-state index contributed by atoms with van der Waals surface area (Å²) in [5.74, 6) is 10.8. The van der Waals surface area contributed by atoms with Gasteiger partial charge in [0.2, 0.25) is 0 Å². The molecule has 4 N–H and O–H groups in total. The molecular weight excluding hydrogens is 488 g/mol. The van der Waals surface area contributed by atoms with E-state index in [0.717, 1.165) is 5.57 Å². The Balaban J connectivity index is 1.48. The Kier molecular flexibility index (Phi) is 6.17. The van der Waals surface area contributed by atoms with Gasteiger partial charge in [-0.3, -0.25) is 0 Å². The first-order valence-electron chi connectivity index (χ1n) is 11.1. The zero-order valence-electron chi connectivity index (χ0n) is 19.0. The average molecular weight is 509 g/mol. The summed E-state index contributed by atoms with van der Waals surface area (Å²) in [6.07, 6.45) is 1.15. The first-order chi connectivity index (χ1) is 17.3. The number of ether oxygens (including phenoxy) is 3. The number of phenols is 1. The number of allylic oxidation sites excluding steroid dienone is 2. The molecule has 5 rings (SSSR count). The lowest BCUT2D eigenvalue weighted by molar-refractivity contribution is 0.0404. The highest BCUT2D eigenvalue weighted by Crippen LogP contribution is 2.41. The van der Waals surface area contributed by atoms with Crippen LogP contribution in [0.4, 0.5) is 0 Å². The fourth-order valence-corrected chi connectivity index (χ4v) is 4.74. The highest BCUT2D eigenvalue weighted by atomic mass is 35.5. The third-order valence-corrected chi connectivity index (χ3v) is 6.85. The second-order valence-corrected chi connectivity index (χ2v) is 8.89. The lowest BCUT2D eigenvalue weighted by Crippen LogP contribution is -2.33. The van der Waals surface area contributed by atoms with Gasteiger partial charge in [-0.2, -0.15) is 0 Å². The highest BCUT2D eigenvalue weighted by Gasteiger charge is 2.60. The fourth-order valence-electron chi connectivity index (χ4n) is 4.44. The van der Waals surface area contributed by atoms with E-state index in [1.165, 1.54) is 19.2 Å². The minimum absolute atomic E-state index is 0.0872. The Morgan fingerprint density at radius 1 is 1.33 bits per heavy atom. The Morgan fingerprint density at radius 2 is 2.14 bits per heavy atom. The number of carbonyl (C=O) groups is 1. The van der Waals surface area contributed by atoms with Gasteiger partial charge in [-0.15, -0.1) is 0 Å². The number of benzene rings is 2. The summed E-state index contributed by atoms with van der Waals surface area (Å²) in [5.41, 5.74) is 0.342. The van der Waals surface area contributed by atoms with E-state index in [9.17, 15) is 25.2 Å². The molecule has 0 saturated carbocycles. The fraction of sp³-hybridized carbons (Fsp3) is 0.296. The molecule has 0 bridgehead atoms. The second kappa shape index (κ2) is 9.18. The standard InChI is InChI=1S/C27H21ClO8/c1-34-21-11-18-17(19(12-29)25(21)28)5-6-20(31)24(18)26(33)35-16-9-14-3-2-4-23-27(36-23,22(32)13-30)8-7-15(14)10-16/h3,5-6,10-11,16,22-23,29-32H,9,12-13H2,1H3/b14-3-. The lowest BCUT2D eigenvalue weighted by Gasteiger charge is -2.16. The van der Waals surface area contributed by atoms with E-state index in [2.05, 4.69) is 23.7 Å². The highest BCUT2D eigenvalue weighted by molar-refractivity contribution is 6.34. The van der Waals surface area contributed by atoms with Gasteiger partial charge in [-0.1, -0.05) is 41.3 Å². The van der Waals surface area contributed by atoms with Crippen LogP contribution in [0, 0.1) is 23.7 Å². The first kappa shape index (κ1) is 24.2. The Bertz CT molecular complexity index is 1470. The normalized spacial score (nSPS) is 25.7. The van der Waals surface area contributed by atoms with Crippen molar-refractivity contribution in [3.05, 3.63) is 57.6 Å². The van der Waals surface area contributed by atoms with E-state index < -0.39 is 43.1 Å².